The van der Waals surface area contributed by atoms with E-state index < -0.39 is 5.97 Å². The molecular weight excluding hydrogens is 220 g/mol. The summed E-state index contributed by atoms with van der Waals surface area (Å²) in [5, 5.41) is 16.7. The summed E-state index contributed by atoms with van der Waals surface area (Å²) in [7, 11) is 0. The van der Waals surface area contributed by atoms with E-state index in [1.165, 1.54) is 0 Å². The number of carboxylic acids is 1. The van der Waals surface area contributed by atoms with Gasteiger partial charge in [-0.05, 0) is 26.0 Å². The highest BCUT2D eigenvalue weighted by Gasteiger charge is 2.21. The van der Waals surface area contributed by atoms with E-state index in [1.54, 1.807) is 29.2 Å². The number of nitrogens with zero attached hydrogens (tertiary/aromatic N) is 4. The first-order valence-corrected chi connectivity index (χ1v) is 5.20. The van der Waals surface area contributed by atoms with Crippen LogP contribution < -0.4 is 0 Å². The number of rotatable bonds is 3. The van der Waals surface area contributed by atoms with Gasteiger partial charge in [-0.3, -0.25) is 4.98 Å². The Hall–Kier alpha value is -2.24. The summed E-state index contributed by atoms with van der Waals surface area (Å²) in [5.41, 5.74) is 1.22. The minimum absolute atomic E-state index is 0.0371. The predicted octanol–water partition coefficient (Wildman–Crippen LogP) is 1.62. The van der Waals surface area contributed by atoms with Crippen molar-refractivity contribution in [3.8, 4) is 11.3 Å². The maximum Gasteiger partial charge on any atom is 0.358 e. The fourth-order valence-electron chi connectivity index (χ4n) is 1.58. The Balaban J connectivity index is 2.65. The molecule has 0 radical (unpaired) electrons. The van der Waals surface area contributed by atoms with Crippen molar-refractivity contribution >= 4 is 5.97 Å². The van der Waals surface area contributed by atoms with Gasteiger partial charge in [-0.1, -0.05) is 5.21 Å². The van der Waals surface area contributed by atoms with E-state index in [2.05, 4.69) is 15.3 Å². The van der Waals surface area contributed by atoms with Crippen molar-refractivity contribution in [2.45, 2.75) is 19.9 Å². The summed E-state index contributed by atoms with van der Waals surface area (Å²) in [6, 6.07) is 3.52. The van der Waals surface area contributed by atoms with Crippen LogP contribution in [0.1, 0.15) is 30.4 Å². The molecule has 0 bridgehead atoms. The van der Waals surface area contributed by atoms with Crippen LogP contribution in [0.3, 0.4) is 0 Å². The number of aromatic carboxylic acids is 1. The summed E-state index contributed by atoms with van der Waals surface area (Å²) in [6.45, 7) is 3.84. The van der Waals surface area contributed by atoms with Crippen LogP contribution >= 0.6 is 0 Å². The molecule has 0 aliphatic heterocycles. The normalized spacial score (nSPS) is 10.8. The summed E-state index contributed by atoms with van der Waals surface area (Å²) < 4.78 is 1.60. The number of aromatic nitrogens is 4. The second-order valence-electron chi connectivity index (χ2n) is 3.87. The lowest BCUT2D eigenvalue weighted by molar-refractivity contribution is 0.0691. The molecule has 2 aromatic heterocycles. The van der Waals surface area contributed by atoms with Crippen molar-refractivity contribution in [2.24, 2.45) is 0 Å². The molecule has 0 unspecified atom stereocenters. The fourth-order valence-corrected chi connectivity index (χ4v) is 1.58. The third kappa shape index (κ3) is 2.01. The van der Waals surface area contributed by atoms with E-state index in [0.717, 1.165) is 5.56 Å². The smallest absolute Gasteiger partial charge is 0.358 e. The topological polar surface area (TPSA) is 80.9 Å². The van der Waals surface area contributed by atoms with Crippen molar-refractivity contribution in [1.29, 1.82) is 0 Å². The molecule has 0 amide bonds. The molecule has 0 atom stereocenters. The standard InChI is InChI=1S/C11H12N4O2/c1-7(2)15-10(8-3-5-12-6-4-8)9(11(16)17)13-14-15/h3-7H,1-2H3,(H,16,17). The van der Waals surface area contributed by atoms with Gasteiger partial charge >= 0.3 is 5.97 Å². The molecule has 0 aliphatic carbocycles. The molecular formula is C11H12N4O2. The minimum Gasteiger partial charge on any atom is -0.476 e. The lowest BCUT2D eigenvalue weighted by atomic mass is 10.1. The SMILES string of the molecule is CC(C)n1nnc(C(=O)O)c1-c1ccncc1. The highest BCUT2D eigenvalue weighted by molar-refractivity contribution is 5.92. The first-order valence-electron chi connectivity index (χ1n) is 5.20. The van der Waals surface area contributed by atoms with Gasteiger partial charge in [-0.2, -0.15) is 0 Å². The van der Waals surface area contributed by atoms with Crippen molar-refractivity contribution < 1.29 is 9.90 Å². The van der Waals surface area contributed by atoms with Gasteiger partial charge in [0.2, 0.25) is 0 Å². The molecule has 1 N–H and O–H groups in total. The van der Waals surface area contributed by atoms with Gasteiger partial charge < -0.3 is 5.11 Å². The van der Waals surface area contributed by atoms with E-state index in [0.29, 0.717) is 5.69 Å². The second-order valence-corrected chi connectivity index (χ2v) is 3.87. The van der Waals surface area contributed by atoms with Crippen LogP contribution in [-0.4, -0.2) is 31.1 Å². The third-order valence-corrected chi connectivity index (χ3v) is 2.34. The highest BCUT2D eigenvalue weighted by Crippen LogP contribution is 2.24. The summed E-state index contributed by atoms with van der Waals surface area (Å²) in [6.07, 6.45) is 3.22. The van der Waals surface area contributed by atoms with Crippen LogP contribution in [0.25, 0.3) is 11.3 Å². The van der Waals surface area contributed by atoms with E-state index in [-0.39, 0.29) is 11.7 Å². The molecule has 6 nitrogen and oxygen atoms in total. The van der Waals surface area contributed by atoms with Crippen LogP contribution in [0, 0.1) is 0 Å². The Morgan fingerprint density at radius 1 is 1.35 bits per heavy atom. The monoisotopic (exact) mass is 232 g/mol. The molecule has 0 fully saturated rings. The maximum atomic E-state index is 11.1. The van der Waals surface area contributed by atoms with Crippen LogP contribution in [0.2, 0.25) is 0 Å². The summed E-state index contributed by atoms with van der Waals surface area (Å²) in [5.74, 6) is -1.08. The molecule has 0 aliphatic rings. The van der Waals surface area contributed by atoms with Crippen molar-refractivity contribution in [2.75, 3.05) is 0 Å². The second kappa shape index (κ2) is 4.32. The van der Waals surface area contributed by atoms with E-state index in [4.69, 9.17) is 5.11 Å². The average Bonchev–Trinajstić information content (AvgIpc) is 2.74. The van der Waals surface area contributed by atoms with E-state index in [9.17, 15) is 4.79 Å². The predicted molar refractivity (Wildman–Crippen MR) is 60.6 cm³/mol. The van der Waals surface area contributed by atoms with Crippen molar-refractivity contribution in [1.82, 2.24) is 20.0 Å². The Morgan fingerprint density at radius 2 is 2.00 bits per heavy atom. The third-order valence-electron chi connectivity index (χ3n) is 2.34. The zero-order valence-electron chi connectivity index (χ0n) is 9.53. The fraction of sp³-hybridized carbons (Fsp3) is 0.273. The molecule has 0 spiro atoms. The van der Waals surface area contributed by atoms with Crippen molar-refractivity contribution in [3.63, 3.8) is 0 Å². The molecule has 2 heterocycles. The first kappa shape index (κ1) is 11.3. The number of carboxylic acid groups (broad SMARTS) is 1. The number of hydrogen-bond acceptors (Lipinski definition) is 4. The van der Waals surface area contributed by atoms with Gasteiger partial charge in [0.15, 0.2) is 5.69 Å². The number of hydrogen-bond donors (Lipinski definition) is 1. The zero-order valence-corrected chi connectivity index (χ0v) is 9.53. The molecule has 2 aromatic rings. The van der Waals surface area contributed by atoms with Gasteiger partial charge in [0.05, 0.1) is 0 Å². The van der Waals surface area contributed by atoms with Crippen LogP contribution in [-0.2, 0) is 0 Å². The molecule has 17 heavy (non-hydrogen) atoms. The van der Waals surface area contributed by atoms with Crippen LogP contribution in [0.5, 0.6) is 0 Å². The lowest BCUT2D eigenvalue weighted by Crippen LogP contribution is -2.07. The van der Waals surface area contributed by atoms with Gasteiger partial charge in [0.1, 0.15) is 5.69 Å². The lowest BCUT2D eigenvalue weighted by Gasteiger charge is -2.09. The van der Waals surface area contributed by atoms with Crippen LogP contribution in [0.15, 0.2) is 24.5 Å². The number of pyridine rings is 1. The Kier molecular flexibility index (Phi) is 2.86. The van der Waals surface area contributed by atoms with E-state index in [1.807, 2.05) is 13.8 Å². The van der Waals surface area contributed by atoms with Gasteiger partial charge in [0.25, 0.3) is 0 Å². The Bertz CT molecular complexity index is 534. The molecule has 6 heteroatoms. The van der Waals surface area contributed by atoms with Gasteiger partial charge in [-0.25, -0.2) is 9.48 Å². The largest absolute Gasteiger partial charge is 0.476 e. The Labute approximate surface area is 97.9 Å². The molecule has 0 saturated heterocycles. The Morgan fingerprint density at radius 3 is 2.53 bits per heavy atom. The van der Waals surface area contributed by atoms with E-state index >= 15 is 0 Å². The number of carbonyl (C=O) groups is 1. The summed E-state index contributed by atoms with van der Waals surface area (Å²) in [4.78, 5) is 15.0. The highest BCUT2D eigenvalue weighted by atomic mass is 16.4. The first-order chi connectivity index (χ1) is 8.11. The molecule has 0 aromatic carbocycles. The maximum absolute atomic E-state index is 11.1. The quantitative estimate of drug-likeness (QED) is 0.869. The van der Waals surface area contributed by atoms with Gasteiger partial charge in [-0.15, -0.1) is 5.10 Å². The average molecular weight is 232 g/mol. The van der Waals surface area contributed by atoms with Gasteiger partial charge in [0, 0.05) is 24.0 Å². The van der Waals surface area contributed by atoms with Crippen molar-refractivity contribution in [3.05, 3.63) is 30.2 Å². The minimum atomic E-state index is -1.08. The molecule has 88 valence electrons. The summed E-state index contributed by atoms with van der Waals surface area (Å²) >= 11 is 0. The molecule has 2 rings (SSSR count). The zero-order chi connectivity index (χ0) is 12.4. The van der Waals surface area contributed by atoms with Crippen LogP contribution in [0.4, 0.5) is 0 Å². The molecule has 0 saturated carbocycles.